The Kier molecular flexibility index (Phi) is 5.20. The van der Waals surface area contributed by atoms with Gasteiger partial charge in [-0.25, -0.2) is 14.1 Å². The second kappa shape index (κ2) is 8.18. The van der Waals surface area contributed by atoms with Crippen LogP contribution in [0, 0.1) is 11.7 Å². The molecule has 4 amide bonds. The molecule has 0 spiro atoms. The summed E-state index contributed by atoms with van der Waals surface area (Å²) in [7, 11) is 0. The standard InChI is InChI=1S/C22H23FN6O3/c23-15-4-6-16(7-5-15)29-21(31)17(13-24-22(29)32)20(30)28-10-8-27(9-11-28)19-12-14-2-1-3-18(14)25-26-19/h4-7,12,17H,1-3,8-11,13H2,(H,24,32). The lowest BCUT2D eigenvalue weighted by molar-refractivity contribution is -0.141. The molecule has 1 N–H and O–H groups in total. The van der Waals surface area contributed by atoms with Crippen LogP contribution in [-0.4, -0.2) is 65.7 Å². The van der Waals surface area contributed by atoms with Crippen molar-refractivity contribution in [2.75, 3.05) is 42.5 Å². The van der Waals surface area contributed by atoms with Crippen LogP contribution < -0.4 is 15.1 Å². The van der Waals surface area contributed by atoms with Crippen molar-refractivity contribution < 1.29 is 18.8 Å². The van der Waals surface area contributed by atoms with Crippen LogP contribution in [0.4, 0.5) is 20.7 Å². The van der Waals surface area contributed by atoms with Gasteiger partial charge in [0.2, 0.25) is 11.8 Å². The number of imide groups is 1. The van der Waals surface area contributed by atoms with Gasteiger partial charge < -0.3 is 15.1 Å². The number of hydrogen-bond acceptors (Lipinski definition) is 6. The van der Waals surface area contributed by atoms with E-state index in [1.54, 1.807) is 4.90 Å². The number of carbonyl (C=O) groups excluding carboxylic acids is 3. The highest BCUT2D eigenvalue weighted by atomic mass is 19.1. The molecule has 2 saturated heterocycles. The maximum atomic E-state index is 13.2. The summed E-state index contributed by atoms with van der Waals surface area (Å²) >= 11 is 0. The minimum Gasteiger partial charge on any atom is -0.352 e. The maximum Gasteiger partial charge on any atom is 0.328 e. The molecule has 2 aromatic rings. The summed E-state index contributed by atoms with van der Waals surface area (Å²) < 4.78 is 13.2. The van der Waals surface area contributed by atoms with Crippen LogP contribution in [0.25, 0.3) is 0 Å². The third-order valence-electron chi connectivity index (χ3n) is 6.28. The minimum absolute atomic E-state index is 0.0509. The van der Waals surface area contributed by atoms with E-state index in [2.05, 4.69) is 26.5 Å². The fourth-order valence-corrected chi connectivity index (χ4v) is 4.49. The Morgan fingerprint density at radius 1 is 1.03 bits per heavy atom. The zero-order valence-electron chi connectivity index (χ0n) is 17.5. The number of aromatic nitrogens is 2. The SMILES string of the molecule is O=C(C1CNC(=O)N(c2ccc(F)cc2)C1=O)N1CCN(c2cc3c(nn2)CCC3)CC1. The number of aryl methyl sites for hydroxylation is 2. The molecule has 1 unspecified atom stereocenters. The number of carbonyl (C=O) groups is 3. The molecule has 3 aliphatic rings. The number of nitrogens with one attached hydrogen (secondary N) is 1. The molecule has 0 radical (unpaired) electrons. The first kappa shape index (κ1) is 20.3. The fourth-order valence-electron chi connectivity index (χ4n) is 4.49. The molecule has 1 aromatic carbocycles. The number of anilines is 2. The predicted molar refractivity (Wildman–Crippen MR) is 114 cm³/mol. The Morgan fingerprint density at radius 2 is 1.78 bits per heavy atom. The Balaban J connectivity index is 1.25. The number of amides is 4. The number of benzene rings is 1. The molecule has 2 fully saturated rings. The van der Waals surface area contributed by atoms with Crippen molar-refractivity contribution in [1.82, 2.24) is 20.4 Å². The van der Waals surface area contributed by atoms with Crippen molar-refractivity contribution in [3.63, 3.8) is 0 Å². The van der Waals surface area contributed by atoms with Crippen LogP contribution in [-0.2, 0) is 22.4 Å². The molecule has 2 aliphatic heterocycles. The van der Waals surface area contributed by atoms with Crippen LogP contribution in [0.2, 0.25) is 0 Å². The predicted octanol–water partition coefficient (Wildman–Crippen LogP) is 1.13. The molecule has 9 nitrogen and oxygen atoms in total. The summed E-state index contributed by atoms with van der Waals surface area (Å²) in [5.41, 5.74) is 2.55. The van der Waals surface area contributed by atoms with Crippen molar-refractivity contribution in [2.24, 2.45) is 5.92 Å². The molecule has 32 heavy (non-hydrogen) atoms. The molecular formula is C22H23FN6O3. The first-order valence-corrected chi connectivity index (χ1v) is 10.8. The van der Waals surface area contributed by atoms with Gasteiger partial charge in [0.05, 0.1) is 11.4 Å². The second-order valence-electron chi connectivity index (χ2n) is 8.23. The summed E-state index contributed by atoms with van der Waals surface area (Å²) in [5.74, 6) is -1.58. The highest BCUT2D eigenvalue weighted by molar-refractivity contribution is 6.21. The van der Waals surface area contributed by atoms with Gasteiger partial charge in [0.15, 0.2) is 5.82 Å². The molecule has 0 bridgehead atoms. The molecule has 166 valence electrons. The highest BCUT2D eigenvalue weighted by Crippen LogP contribution is 2.25. The van der Waals surface area contributed by atoms with E-state index in [4.69, 9.17) is 0 Å². The van der Waals surface area contributed by atoms with Gasteiger partial charge in [0.25, 0.3) is 0 Å². The second-order valence-corrected chi connectivity index (χ2v) is 8.23. The third kappa shape index (κ3) is 3.65. The van der Waals surface area contributed by atoms with E-state index in [-0.39, 0.29) is 18.1 Å². The fraction of sp³-hybridized carbons (Fsp3) is 0.409. The number of fused-ring (bicyclic) bond motifs is 1. The summed E-state index contributed by atoms with van der Waals surface area (Å²) in [4.78, 5) is 43.0. The molecule has 0 saturated carbocycles. The first-order valence-electron chi connectivity index (χ1n) is 10.8. The van der Waals surface area contributed by atoms with Gasteiger partial charge in [-0.3, -0.25) is 9.59 Å². The quantitative estimate of drug-likeness (QED) is 0.722. The number of hydrogen-bond donors (Lipinski definition) is 1. The van der Waals surface area contributed by atoms with E-state index in [1.165, 1.54) is 29.8 Å². The Morgan fingerprint density at radius 3 is 2.53 bits per heavy atom. The van der Waals surface area contributed by atoms with E-state index in [9.17, 15) is 18.8 Å². The Hall–Kier alpha value is -3.56. The van der Waals surface area contributed by atoms with E-state index < -0.39 is 23.7 Å². The zero-order valence-corrected chi connectivity index (χ0v) is 17.5. The monoisotopic (exact) mass is 438 g/mol. The van der Waals surface area contributed by atoms with Crippen molar-refractivity contribution in [2.45, 2.75) is 19.3 Å². The largest absolute Gasteiger partial charge is 0.352 e. The van der Waals surface area contributed by atoms with Crippen molar-refractivity contribution in [1.29, 1.82) is 0 Å². The number of halogens is 1. The van der Waals surface area contributed by atoms with Gasteiger partial charge >= 0.3 is 6.03 Å². The highest BCUT2D eigenvalue weighted by Gasteiger charge is 2.41. The summed E-state index contributed by atoms with van der Waals surface area (Å²) in [5, 5.41) is 11.3. The third-order valence-corrected chi connectivity index (χ3v) is 6.28. The molecule has 5 rings (SSSR count). The number of nitrogens with zero attached hydrogens (tertiary/aromatic N) is 5. The lowest BCUT2D eigenvalue weighted by Crippen LogP contribution is -2.61. The summed E-state index contributed by atoms with van der Waals surface area (Å²) in [6.07, 6.45) is 3.11. The van der Waals surface area contributed by atoms with Crippen LogP contribution in [0.3, 0.4) is 0 Å². The molecule has 1 atom stereocenters. The lowest BCUT2D eigenvalue weighted by Gasteiger charge is -2.38. The summed E-state index contributed by atoms with van der Waals surface area (Å²) in [6, 6.07) is 6.50. The zero-order chi connectivity index (χ0) is 22.2. The van der Waals surface area contributed by atoms with E-state index >= 15 is 0 Å². The van der Waals surface area contributed by atoms with E-state index in [0.29, 0.717) is 26.2 Å². The molecule has 1 aromatic heterocycles. The van der Waals surface area contributed by atoms with Gasteiger partial charge in [-0.2, -0.15) is 5.10 Å². The molecule has 10 heteroatoms. The first-order chi connectivity index (χ1) is 15.5. The van der Waals surface area contributed by atoms with E-state index in [1.807, 2.05) is 0 Å². The smallest absolute Gasteiger partial charge is 0.328 e. The van der Waals surface area contributed by atoms with Crippen LogP contribution in [0.5, 0.6) is 0 Å². The summed E-state index contributed by atoms with van der Waals surface area (Å²) in [6.45, 7) is 2.03. The maximum absolute atomic E-state index is 13.2. The number of piperazine rings is 1. The van der Waals surface area contributed by atoms with Gasteiger partial charge in [-0.15, -0.1) is 5.10 Å². The van der Waals surface area contributed by atoms with Gasteiger partial charge in [-0.1, -0.05) is 0 Å². The number of rotatable bonds is 3. The van der Waals surface area contributed by atoms with Gasteiger partial charge in [0, 0.05) is 32.7 Å². The van der Waals surface area contributed by atoms with Crippen molar-refractivity contribution in [3.05, 3.63) is 47.4 Å². The average molecular weight is 438 g/mol. The Labute approximate surface area is 184 Å². The van der Waals surface area contributed by atoms with Crippen LogP contribution in [0.15, 0.2) is 30.3 Å². The minimum atomic E-state index is -1.01. The van der Waals surface area contributed by atoms with E-state index in [0.717, 1.165) is 35.7 Å². The van der Waals surface area contributed by atoms with Gasteiger partial charge in [-0.05, 0) is 55.2 Å². The molecule has 1 aliphatic carbocycles. The van der Waals surface area contributed by atoms with Crippen molar-refractivity contribution >= 4 is 29.4 Å². The Bertz CT molecular complexity index is 1070. The number of urea groups is 1. The van der Waals surface area contributed by atoms with Crippen molar-refractivity contribution in [3.8, 4) is 0 Å². The topological polar surface area (TPSA) is 98.7 Å². The molecular weight excluding hydrogens is 415 g/mol. The lowest BCUT2D eigenvalue weighted by atomic mass is 10.0. The normalized spacial score (nSPS) is 20.9. The van der Waals surface area contributed by atoms with Gasteiger partial charge in [0.1, 0.15) is 11.7 Å². The van der Waals surface area contributed by atoms with Crippen LogP contribution in [0.1, 0.15) is 17.7 Å². The molecule has 3 heterocycles. The average Bonchev–Trinajstić information content (AvgIpc) is 3.28. The van der Waals surface area contributed by atoms with Crippen LogP contribution >= 0.6 is 0 Å².